The number of rotatable bonds is 6. The Morgan fingerprint density at radius 1 is 1.10 bits per heavy atom. The number of aliphatic hydroxyl groups excluding tert-OH is 1. The summed E-state index contributed by atoms with van der Waals surface area (Å²) < 4.78 is 43.8. The molecule has 0 spiro atoms. The molecule has 2 amide bonds. The van der Waals surface area contributed by atoms with Gasteiger partial charge in [-0.3, -0.25) is 9.59 Å². The lowest BCUT2D eigenvalue weighted by Gasteiger charge is -2.34. The number of fused-ring (bicyclic) bond motifs is 1. The molecule has 2 aliphatic rings. The van der Waals surface area contributed by atoms with Gasteiger partial charge in [0.25, 0.3) is 0 Å². The normalized spacial score (nSPS) is 19.4. The summed E-state index contributed by atoms with van der Waals surface area (Å²) in [6.07, 6.45) is -0.470. The molecule has 0 saturated carbocycles. The van der Waals surface area contributed by atoms with Crippen molar-refractivity contribution in [1.29, 1.82) is 0 Å². The van der Waals surface area contributed by atoms with Gasteiger partial charge in [0.05, 0.1) is 24.7 Å². The lowest BCUT2D eigenvalue weighted by atomic mass is 10.3. The molecule has 1 atom stereocenters. The van der Waals surface area contributed by atoms with E-state index in [0.717, 1.165) is 4.31 Å². The fourth-order valence-corrected chi connectivity index (χ4v) is 4.51. The molecule has 12 heteroatoms. The Labute approximate surface area is 168 Å². The molecule has 1 aromatic rings. The van der Waals surface area contributed by atoms with Gasteiger partial charge in [-0.15, -0.1) is 0 Å². The molecule has 1 saturated heterocycles. The summed E-state index contributed by atoms with van der Waals surface area (Å²) in [4.78, 5) is 23.4. The van der Waals surface area contributed by atoms with E-state index >= 15 is 0 Å². The van der Waals surface area contributed by atoms with E-state index < -0.39 is 28.1 Å². The van der Waals surface area contributed by atoms with E-state index in [1.807, 2.05) is 0 Å². The van der Waals surface area contributed by atoms with Gasteiger partial charge >= 0.3 is 11.8 Å². The highest BCUT2D eigenvalue weighted by Gasteiger charge is 2.35. The lowest BCUT2D eigenvalue weighted by molar-refractivity contribution is -0.140. The van der Waals surface area contributed by atoms with Crippen molar-refractivity contribution in [1.82, 2.24) is 14.9 Å². The first-order valence-electron chi connectivity index (χ1n) is 9.13. The fourth-order valence-electron chi connectivity index (χ4n) is 2.93. The van der Waals surface area contributed by atoms with Crippen molar-refractivity contribution in [3.63, 3.8) is 0 Å². The van der Waals surface area contributed by atoms with E-state index in [0.29, 0.717) is 37.7 Å². The van der Waals surface area contributed by atoms with Crippen LogP contribution in [0.1, 0.15) is 6.42 Å². The Kier molecular flexibility index (Phi) is 6.90. The maximum atomic E-state index is 13.1. The number of aliphatic hydroxyl groups is 1. The molecule has 1 fully saturated rings. The van der Waals surface area contributed by atoms with E-state index in [-0.39, 0.29) is 31.1 Å². The second-order valence-electron chi connectivity index (χ2n) is 6.29. The molecule has 160 valence electrons. The molecule has 0 radical (unpaired) electrons. The molecular formula is C17H23N3O8S. The van der Waals surface area contributed by atoms with Gasteiger partial charge in [0, 0.05) is 19.2 Å². The molecule has 1 aromatic carbocycles. The second kappa shape index (κ2) is 9.39. The number of ether oxygens (including phenoxy) is 3. The first kappa shape index (κ1) is 21.3. The molecule has 3 rings (SSSR count). The van der Waals surface area contributed by atoms with Gasteiger partial charge in [-0.25, -0.2) is 8.42 Å². The van der Waals surface area contributed by atoms with Gasteiger partial charge in [0.15, 0.2) is 11.5 Å². The first-order valence-corrected chi connectivity index (χ1v) is 10.6. The smallest absolute Gasteiger partial charge is 0.309 e. The van der Waals surface area contributed by atoms with Crippen molar-refractivity contribution < 1.29 is 37.3 Å². The minimum Gasteiger partial charge on any atom is -0.486 e. The van der Waals surface area contributed by atoms with E-state index in [2.05, 4.69) is 10.6 Å². The maximum Gasteiger partial charge on any atom is 0.309 e. The molecule has 29 heavy (non-hydrogen) atoms. The molecule has 3 N–H and O–H groups in total. The molecule has 0 aliphatic carbocycles. The first-order chi connectivity index (χ1) is 13.9. The number of hydrogen-bond donors (Lipinski definition) is 3. The van der Waals surface area contributed by atoms with Gasteiger partial charge in [0.1, 0.15) is 19.4 Å². The highest BCUT2D eigenvalue weighted by Crippen LogP contribution is 2.34. The van der Waals surface area contributed by atoms with Crippen LogP contribution in [0.3, 0.4) is 0 Å². The van der Waals surface area contributed by atoms with Gasteiger partial charge in [0.2, 0.25) is 10.0 Å². The minimum atomic E-state index is -3.94. The van der Waals surface area contributed by atoms with E-state index in [1.165, 1.54) is 18.2 Å². The number of amides is 2. The minimum absolute atomic E-state index is 0.0178. The highest BCUT2D eigenvalue weighted by molar-refractivity contribution is 7.89. The standard InChI is InChI=1S/C17H23N3O8S/c21-6-4-18-16(22)17(23)19-11-15-20(5-1-7-28-15)29(24,25)12-2-3-13-14(10-12)27-9-8-26-13/h2-3,10,15,21H,1,4-9,11H2,(H,18,22)(H,19,23)/t15-/m1/s1. The quantitative estimate of drug-likeness (QED) is 0.460. The van der Waals surface area contributed by atoms with Crippen molar-refractivity contribution in [2.24, 2.45) is 0 Å². The van der Waals surface area contributed by atoms with Crippen molar-refractivity contribution in [3.05, 3.63) is 18.2 Å². The van der Waals surface area contributed by atoms with Crippen molar-refractivity contribution in [2.45, 2.75) is 17.5 Å². The number of nitrogens with zero attached hydrogens (tertiary/aromatic N) is 1. The summed E-state index contributed by atoms with van der Waals surface area (Å²) in [5.41, 5.74) is 0. The number of nitrogens with one attached hydrogen (secondary N) is 2. The zero-order valence-corrected chi connectivity index (χ0v) is 16.4. The van der Waals surface area contributed by atoms with E-state index in [9.17, 15) is 18.0 Å². The van der Waals surface area contributed by atoms with Crippen molar-refractivity contribution in [2.75, 3.05) is 46.1 Å². The largest absolute Gasteiger partial charge is 0.486 e. The van der Waals surface area contributed by atoms with Crippen LogP contribution in [0, 0.1) is 0 Å². The highest BCUT2D eigenvalue weighted by atomic mass is 32.2. The number of benzene rings is 1. The average molecular weight is 429 g/mol. The van der Waals surface area contributed by atoms with Crippen LogP contribution in [0.15, 0.2) is 23.1 Å². The van der Waals surface area contributed by atoms with Crippen LogP contribution in [0.2, 0.25) is 0 Å². The molecule has 0 aromatic heterocycles. The van der Waals surface area contributed by atoms with Gasteiger partial charge in [-0.2, -0.15) is 4.31 Å². The monoisotopic (exact) mass is 429 g/mol. The fraction of sp³-hybridized carbons (Fsp3) is 0.529. The third-order valence-electron chi connectivity index (χ3n) is 4.32. The summed E-state index contributed by atoms with van der Waals surface area (Å²) in [5, 5.41) is 13.3. The maximum absolute atomic E-state index is 13.1. The zero-order valence-electron chi connectivity index (χ0n) is 15.6. The van der Waals surface area contributed by atoms with Crippen molar-refractivity contribution >= 4 is 21.8 Å². The Hall–Kier alpha value is -2.41. The van der Waals surface area contributed by atoms with Crippen molar-refractivity contribution in [3.8, 4) is 11.5 Å². The Morgan fingerprint density at radius 2 is 1.83 bits per heavy atom. The number of carbonyl (C=O) groups excluding carboxylic acids is 2. The van der Waals surface area contributed by atoms with E-state index in [1.54, 1.807) is 0 Å². The SMILES string of the molecule is O=C(NCCO)C(=O)NC[C@H]1OCCCN1S(=O)(=O)c1ccc2c(c1)OCCO2. The Bertz CT molecular complexity index is 860. The second-order valence-corrected chi connectivity index (χ2v) is 8.18. The van der Waals surface area contributed by atoms with Crippen LogP contribution in [0.4, 0.5) is 0 Å². The van der Waals surface area contributed by atoms with Gasteiger partial charge in [-0.1, -0.05) is 0 Å². The summed E-state index contributed by atoms with van der Waals surface area (Å²) in [7, 11) is -3.94. The van der Waals surface area contributed by atoms with E-state index in [4.69, 9.17) is 19.3 Å². The number of hydrogen-bond acceptors (Lipinski definition) is 8. The third-order valence-corrected chi connectivity index (χ3v) is 6.20. The lowest BCUT2D eigenvalue weighted by Crippen LogP contribution is -2.53. The molecule has 2 aliphatic heterocycles. The van der Waals surface area contributed by atoms with Gasteiger partial charge in [-0.05, 0) is 18.6 Å². The molecule has 2 heterocycles. The average Bonchev–Trinajstić information content (AvgIpc) is 2.75. The molecule has 11 nitrogen and oxygen atoms in total. The van der Waals surface area contributed by atoms with Crippen LogP contribution >= 0.6 is 0 Å². The predicted molar refractivity (Wildman–Crippen MR) is 98.8 cm³/mol. The molecular weight excluding hydrogens is 406 g/mol. The predicted octanol–water partition coefficient (Wildman–Crippen LogP) is -1.58. The Balaban J connectivity index is 1.71. The zero-order chi connectivity index (χ0) is 20.9. The Morgan fingerprint density at radius 3 is 2.59 bits per heavy atom. The summed E-state index contributed by atoms with van der Waals surface area (Å²) in [6, 6.07) is 4.36. The molecule has 0 unspecified atom stereocenters. The molecule has 0 bridgehead atoms. The number of carbonyl (C=O) groups is 2. The topological polar surface area (TPSA) is 143 Å². The van der Waals surface area contributed by atoms with Crippen LogP contribution in [-0.4, -0.2) is 81.9 Å². The van der Waals surface area contributed by atoms with Crippen LogP contribution in [0.5, 0.6) is 11.5 Å². The van der Waals surface area contributed by atoms with Crippen LogP contribution in [-0.2, 0) is 24.3 Å². The van der Waals surface area contributed by atoms with Gasteiger partial charge < -0.3 is 30.0 Å². The van der Waals surface area contributed by atoms with Crippen LogP contribution < -0.4 is 20.1 Å². The third kappa shape index (κ3) is 4.96. The van der Waals surface area contributed by atoms with Crippen LogP contribution in [0.25, 0.3) is 0 Å². The summed E-state index contributed by atoms with van der Waals surface area (Å²) in [5.74, 6) is -1.04. The summed E-state index contributed by atoms with van der Waals surface area (Å²) >= 11 is 0. The number of sulfonamides is 1. The summed E-state index contributed by atoms with van der Waals surface area (Å²) in [6.45, 7) is 0.694.